The van der Waals surface area contributed by atoms with Crippen LogP contribution in [0.1, 0.15) is 219 Å². The first-order valence-corrected chi connectivity index (χ1v) is 26.0. The highest BCUT2D eigenvalue weighted by Gasteiger charge is 2.44. The van der Waals surface area contributed by atoms with Crippen molar-refractivity contribution < 1.29 is 39.8 Å². The first-order chi connectivity index (χ1) is 30.8. The van der Waals surface area contributed by atoms with Crippen molar-refractivity contribution in [3.63, 3.8) is 0 Å². The number of rotatable bonds is 43. The Kier molecular flexibility index (Phi) is 40.9. The zero-order chi connectivity index (χ0) is 45.9. The normalized spacial score (nSPS) is 20.7. The van der Waals surface area contributed by atoms with Crippen LogP contribution in [0.2, 0.25) is 0 Å². The highest BCUT2D eigenvalue weighted by molar-refractivity contribution is 5.76. The second-order valence-electron chi connectivity index (χ2n) is 17.9. The topological polar surface area (TPSA) is 149 Å². The molecule has 0 saturated carbocycles. The van der Waals surface area contributed by atoms with Crippen molar-refractivity contribution in [2.24, 2.45) is 0 Å². The van der Waals surface area contributed by atoms with E-state index in [0.717, 1.165) is 70.6 Å². The number of ether oxygens (including phenoxy) is 2. The van der Waals surface area contributed by atoms with Gasteiger partial charge in [0.2, 0.25) is 5.91 Å². The first-order valence-electron chi connectivity index (χ1n) is 26.0. The van der Waals surface area contributed by atoms with Crippen LogP contribution in [0.4, 0.5) is 0 Å². The Balaban J connectivity index is 2.34. The summed E-state index contributed by atoms with van der Waals surface area (Å²) in [5.74, 6) is -0.206. The molecule has 0 spiro atoms. The molecule has 0 aromatic rings. The number of allylic oxidation sites excluding steroid dienone is 9. The highest BCUT2D eigenvalue weighted by Crippen LogP contribution is 2.22. The molecule has 0 aromatic carbocycles. The van der Waals surface area contributed by atoms with Crippen LogP contribution in [0.25, 0.3) is 0 Å². The maximum absolute atomic E-state index is 13.0. The van der Waals surface area contributed by atoms with Gasteiger partial charge in [0, 0.05) is 6.42 Å². The Morgan fingerprint density at radius 3 is 1.44 bits per heavy atom. The van der Waals surface area contributed by atoms with Crippen molar-refractivity contribution in [1.82, 2.24) is 5.32 Å². The number of unbranched alkanes of at least 4 members (excludes halogenated alkanes) is 25. The minimum absolute atomic E-state index is 0.206. The molecule has 0 bridgehead atoms. The van der Waals surface area contributed by atoms with Crippen molar-refractivity contribution in [3.05, 3.63) is 60.8 Å². The molecule has 0 aromatic heterocycles. The maximum atomic E-state index is 13.0. The van der Waals surface area contributed by atoms with Gasteiger partial charge < -0.3 is 40.3 Å². The molecule has 1 amide bonds. The molecule has 1 heterocycles. The lowest BCUT2D eigenvalue weighted by Crippen LogP contribution is -2.60. The molecule has 0 aliphatic carbocycles. The number of aliphatic hydroxyl groups is 5. The van der Waals surface area contributed by atoms with Gasteiger partial charge in [-0.3, -0.25) is 4.79 Å². The third-order valence-corrected chi connectivity index (χ3v) is 12.0. The van der Waals surface area contributed by atoms with Gasteiger partial charge in [-0.05, 0) is 77.0 Å². The van der Waals surface area contributed by atoms with E-state index in [1.165, 1.54) is 128 Å². The molecular formula is C54H97NO8. The number of amides is 1. The van der Waals surface area contributed by atoms with Crippen LogP contribution in [0.3, 0.4) is 0 Å². The van der Waals surface area contributed by atoms with E-state index in [9.17, 15) is 30.3 Å². The third-order valence-electron chi connectivity index (χ3n) is 12.0. The Labute approximate surface area is 386 Å². The van der Waals surface area contributed by atoms with Crippen LogP contribution in [-0.2, 0) is 14.3 Å². The van der Waals surface area contributed by atoms with E-state index in [4.69, 9.17) is 9.47 Å². The Hall–Kier alpha value is -2.11. The van der Waals surface area contributed by atoms with Crippen LogP contribution in [-0.4, -0.2) is 87.5 Å². The van der Waals surface area contributed by atoms with Gasteiger partial charge in [-0.2, -0.15) is 0 Å². The third kappa shape index (κ3) is 33.9. The summed E-state index contributed by atoms with van der Waals surface area (Å²) in [6.07, 6.45) is 51.3. The second-order valence-corrected chi connectivity index (χ2v) is 17.9. The molecular weight excluding hydrogens is 791 g/mol. The van der Waals surface area contributed by atoms with Crippen LogP contribution in [0.15, 0.2) is 60.8 Å². The molecule has 0 radical (unpaired) electrons. The Bertz CT molecular complexity index is 1170. The summed E-state index contributed by atoms with van der Waals surface area (Å²) >= 11 is 0. The average Bonchev–Trinajstić information content (AvgIpc) is 3.28. The van der Waals surface area contributed by atoms with E-state index in [1.54, 1.807) is 6.08 Å². The van der Waals surface area contributed by atoms with Crippen molar-refractivity contribution in [2.75, 3.05) is 13.2 Å². The molecule has 63 heavy (non-hydrogen) atoms. The van der Waals surface area contributed by atoms with Gasteiger partial charge in [-0.25, -0.2) is 0 Å². The summed E-state index contributed by atoms with van der Waals surface area (Å²) in [5.41, 5.74) is 0. The lowest BCUT2D eigenvalue weighted by molar-refractivity contribution is -0.302. The van der Waals surface area contributed by atoms with Gasteiger partial charge in [-0.1, -0.05) is 197 Å². The van der Waals surface area contributed by atoms with Gasteiger partial charge in [0.15, 0.2) is 6.29 Å². The number of carbonyl (C=O) groups excluding carboxylic acids is 1. The average molecular weight is 888 g/mol. The summed E-state index contributed by atoms with van der Waals surface area (Å²) in [6, 6.07) is -0.837. The quantitative estimate of drug-likeness (QED) is 0.0262. The van der Waals surface area contributed by atoms with Crippen molar-refractivity contribution in [3.8, 4) is 0 Å². The molecule has 7 atom stereocenters. The monoisotopic (exact) mass is 888 g/mol. The minimum atomic E-state index is -1.58. The molecule has 1 aliphatic heterocycles. The summed E-state index contributed by atoms with van der Waals surface area (Å²) < 4.78 is 11.2. The number of nitrogens with one attached hydrogen (secondary N) is 1. The molecule has 1 saturated heterocycles. The fraction of sp³-hybridized carbons (Fsp3) is 0.796. The zero-order valence-electron chi connectivity index (χ0n) is 40.3. The van der Waals surface area contributed by atoms with E-state index in [1.807, 2.05) is 6.08 Å². The largest absolute Gasteiger partial charge is 0.394 e. The van der Waals surface area contributed by atoms with Gasteiger partial charge in [0.05, 0.1) is 25.4 Å². The summed E-state index contributed by atoms with van der Waals surface area (Å²) in [4.78, 5) is 13.0. The van der Waals surface area contributed by atoms with Crippen LogP contribution in [0.5, 0.6) is 0 Å². The second kappa shape index (κ2) is 43.8. The summed E-state index contributed by atoms with van der Waals surface area (Å²) in [6.45, 7) is 3.73. The predicted molar refractivity (Wildman–Crippen MR) is 262 cm³/mol. The van der Waals surface area contributed by atoms with Crippen molar-refractivity contribution in [1.29, 1.82) is 0 Å². The smallest absolute Gasteiger partial charge is 0.220 e. The molecule has 6 N–H and O–H groups in total. The molecule has 1 fully saturated rings. The molecule has 9 nitrogen and oxygen atoms in total. The number of hydrogen-bond acceptors (Lipinski definition) is 8. The number of carbonyl (C=O) groups is 1. The molecule has 1 rings (SSSR count). The lowest BCUT2D eigenvalue weighted by atomic mass is 9.99. The summed E-state index contributed by atoms with van der Waals surface area (Å²) in [7, 11) is 0. The maximum Gasteiger partial charge on any atom is 0.220 e. The molecule has 366 valence electrons. The standard InChI is InChI=1S/C54H97NO8/c1-3-5-7-9-11-13-15-17-19-21-22-23-24-25-26-27-28-29-31-33-35-37-39-41-43-48(57)47(46-62-54-53(61)52(60)51(59)49(45-56)63-54)55-50(58)44-42-40-38-36-34-32-30-20-18-16-14-12-10-8-6-4-2/h14,16,20,27-28,30,33,35,41,43,47-49,51-54,56-57,59-61H,3-13,15,17-19,21-26,29,31-32,34,36-40,42,44-46H2,1-2H3,(H,55,58)/b16-14-,28-27+,30-20-,35-33+,43-41+. The van der Waals surface area contributed by atoms with Gasteiger partial charge in [-0.15, -0.1) is 0 Å². The van der Waals surface area contributed by atoms with Gasteiger partial charge in [0.25, 0.3) is 0 Å². The van der Waals surface area contributed by atoms with Crippen LogP contribution in [0, 0.1) is 0 Å². The van der Waals surface area contributed by atoms with Gasteiger partial charge in [0.1, 0.15) is 24.4 Å². The number of aliphatic hydroxyl groups excluding tert-OH is 5. The lowest BCUT2D eigenvalue weighted by Gasteiger charge is -2.40. The Morgan fingerprint density at radius 1 is 0.540 bits per heavy atom. The van der Waals surface area contributed by atoms with E-state index in [-0.39, 0.29) is 12.5 Å². The molecule has 7 unspecified atom stereocenters. The number of hydrogen-bond donors (Lipinski definition) is 6. The SMILES string of the molecule is CCCCCC/C=C\C/C=C\CCCCCCCC(=O)NC(COC1OC(CO)C(O)C(O)C1O)C(O)/C=C/CC/C=C/CC/C=C/CCCCCCCCCCCCCCCC. The molecule has 9 heteroatoms. The summed E-state index contributed by atoms with van der Waals surface area (Å²) in [5, 5.41) is 54.3. The predicted octanol–water partition coefficient (Wildman–Crippen LogP) is 12.0. The first kappa shape index (κ1) is 58.9. The fourth-order valence-corrected chi connectivity index (χ4v) is 7.86. The van der Waals surface area contributed by atoms with E-state index >= 15 is 0 Å². The van der Waals surface area contributed by atoms with Crippen molar-refractivity contribution in [2.45, 2.75) is 262 Å². The van der Waals surface area contributed by atoms with Gasteiger partial charge >= 0.3 is 0 Å². The van der Waals surface area contributed by atoms with E-state index < -0.39 is 49.5 Å². The van der Waals surface area contributed by atoms with Crippen LogP contribution < -0.4 is 5.32 Å². The van der Waals surface area contributed by atoms with E-state index in [0.29, 0.717) is 6.42 Å². The van der Waals surface area contributed by atoms with Crippen LogP contribution >= 0.6 is 0 Å². The van der Waals surface area contributed by atoms with Crippen molar-refractivity contribution >= 4 is 5.91 Å². The highest BCUT2D eigenvalue weighted by atomic mass is 16.7. The fourth-order valence-electron chi connectivity index (χ4n) is 7.86. The van der Waals surface area contributed by atoms with E-state index in [2.05, 4.69) is 67.8 Å². The minimum Gasteiger partial charge on any atom is -0.394 e. The zero-order valence-corrected chi connectivity index (χ0v) is 40.3. The Morgan fingerprint density at radius 2 is 0.952 bits per heavy atom. The molecule has 1 aliphatic rings.